The van der Waals surface area contributed by atoms with Gasteiger partial charge in [-0.2, -0.15) is 0 Å². The van der Waals surface area contributed by atoms with E-state index in [0.29, 0.717) is 13.1 Å². The molecule has 106 valence electrons. The Hall–Kier alpha value is -1.50. The Kier molecular flexibility index (Phi) is 9.75. The molecular weight excluding hydrogens is 242 g/mol. The van der Waals surface area contributed by atoms with Crippen LogP contribution in [-0.2, 0) is 18.9 Å². The summed E-state index contributed by atoms with van der Waals surface area (Å²) in [4.78, 5) is 23.5. The van der Waals surface area contributed by atoms with Gasteiger partial charge in [0.15, 0.2) is 0 Å². The monoisotopic (exact) mass is 263 g/mol. The van der Waals surface area contributed by atoms with Crippen LogP contribution in [0.4, 0.5) is 9.59 Å². The number of methoxy groups -OCH3 is 2. The zero-order valence-corrected chi connectivity index (χ0v) is 11.1. The quantitative estimate of drug-likeness (QED) is 0.610. The second kappa shape index (κ2) is 10.6. The highest BCUT2D eigenvalue weighted by molar-refractivity contribution is 5.59. The maximum Gasteiger partial charge on any atom is 0.508 e. The summed E-state index contributed by atoms with van der Waals surface area (Å²) >= 11 is 0. The lowest BCUT2D eigenvalue weighted by molar-refractivity contribution is 0.0510. The summed E-state index contributed by atoms with van der Waals surface area (Å²) in [5.74, 6) is 0. The Morgan fingerprint density at radius 2 is 1.33 bits per heavy atom. The molecular formula is C11H21NO6. The van der Waals surface area contributed by atoms with Crippen molar-refractivity contribution in [3.63, 3.8) is 0 Å². The van der Waals surface area contributed by atoms with Crippen molar-refractivity contribution < 1.29 is 28.5 Å². The molecule has 0 amide bonds. The van der Waals surface area contributed by atoms with Gasteiger partial charge in [-0.15, -0.1) is 0 Å². The normalized spacial score (nSPS) is 10.0. The van der Waals surface area contributed by atoms with E-state index in [1.807, 2.05) is 11.8 Å². The topological polar surface area (TPSA) is 74.3 Å². The van der Waals surface area contributed by atoms with Crippen LogP contribution >= 0.6 is 0 Å². The summed E-state index contributed by atoms with van der Waals surface area (Å²) in [7, 11) is 2.52. The van der Waals surface area contributed by atoms with Crippen molar-refractivity contribution in [2.75, 3.05) is 47.1 Å². The van der Waals surface area contributed by atoms with Crippen molar-refractivity contribution in [3.8, 4) is 0 Å². The summed E-state index contributed by atoms with van der Waals surface area (Å²) < 4.78 is 18.3. The molecule has 0 saturated heterocycles. The Balaban J connectivity index is 3.77. The minimum atomic E-state index is -0.697. The van der Waals surface area contributed by atoms with Gasteiger partial charge in [-0.3, -0.25) is 4.90 Å². The molecule has 0 aromatic rings. The van der Waals surface area contributed by atoms with Crippen LogP contribution in [0.3, 0.4) is 0 Å². The number of hydrogen-bond acceptors (Lipinski definition) is 7. The van der Waals surface area contributed by atoms with Crippen molar-refractivity contribution in [1.29, 1.82) is 0 Å². The second-order valence-corrected chi connectivity index (χ2v) is 3.45. The van der Waals surface area contributed by atoms with E-state index in [-0.39, 0.29) is 13.2 Å². The smallest absolute Gasteiger partial charge is 0.438 e. The summed E-state index contributed by atoms with van der Waals surface area (Å²) in [6.45, 7) is 4.47. The Bertz CT molecular complexity index is 224. The zero-order chi connectivity index (χ0) is 13.8. The van der Waals surface area contributed by atoms with Crippen molar-refractivity contribution in [1.82, 2.24) is 4.90 Å². The first kappa shape index (κ1) is 16.5. The summed E-state index contributed by atoms with van der Waals surface area (Å²) in [5.41, 5.74) is 0. The first-order valence-corrected chi connectivity index (χ1v) is 5.77. The van der Waals surface area contributed by atoms with Gasteiger partial charge >= 0.3 is 12.3 Å². The van der Waals surface area contributed by atoms with E-state index < -0.39 is 12.3 Å². The highest BCUT2D eigenvalue weighted by atomic mass is 16.7. The lowest BCUT2D eigenvalue weighted by Crippen LogP contribution is -2.32. The number of nitrogens with zero attached hydrogens (tertiary/aromatic N) is 1. The van der Waals surface area contributed by atoms with Gasteiger partial charge in [-0.05, 0) is 13.0 Å². The minimum Gasteiger partial charge on any atom is -0.438 e. The molecule has 0 aromatic carbocycles. The molecule has 18 heavy (non-hydrogen) atoms. The number of carbonyl (C=O) groups excluding carboxylic acids is 2. The SMILES string of the molecule is CCCN(CCOC(=O)OC)CCOC(=O)OC. The highest BCUT2D eigenvalue weighted by Crippen LogP contribution is 1.94. The van der Waals surface area contributed by atoms with Gasteiger partial charge < -0.3 is 18.9 Å². The van der Waals surface area contributed by atoms with Crippen LogP contribution in [0.1, 0.15) is 13.3 Å². The fourth-order valence-corrected chi connectivity index (χ4v) is 1.29. The summed E-state index contributed by atoms with van der Waals surface area (Å²) in [6, 6.07) is 0. The average Bonchev–Trinajstić information content (AvgIpc) is 2.38. The van der Waals surface area contributed by atoms with Crippen LogP contribution in [0.25, 0.3) is 0 Å². The van der Waals surface area contributed by atoms with Gasteiger partial charge in [0.05, 0.1) is 14.2 Å². The molecule has 7 heteroatoms. The van der Waals surface area contributed by atoms with Crippen LogP contribution in [0.2, 0.25) is 0 Å². The van der Waals surface area contributed by atoms with Crippen LogP contribution in [0.5, 0.6) is 0 Å². The third-order valence-electron chi connectivity index (χ3n) is 2.13. The molecule has 0 saturated carbocycles. The molecule has 0 bridgehead atoms. The first-order valence-electron chi connectivity index (χ1n) is 5.77. The molecule has 0 unspecified atom stereocenters. The molecule has 0 spiro atoms. The fourth-order valence-electron chi connectivity index (χ4n) is 1.29. The molecule has 0 N–H and O–H groups in total. The van der Waals surface area contributed by atoms with Crippen LogP contribution in [0.15, 0.2) is 0 Å². The van der Waals surface area contributed by atoms with Crippen molar-refractivity contribution in [3.05, 3.63) is 0 Å². The van der Waals surface area contributed by atoms with Crippen molar-refractivity contribution >= 4 is 12.3 Å². The third kappa shape index (κ3) is 8.63. The molecule has 0 atom stereocenters. The number of ether oxygens (including phenoxy) is 4. The van der Waals surface area contributed by atoms with E-state index in [0.717, 1.165) is 13.0 Å². The first-order chi connectivity index (χ1) is 8.63. The van der Waals surface area contributed by atoms with Crippen LogP contribution in [-0.4, -0.2) is 64.3 Å². The molecule has 0 aromatic heterocycles. The molecule has 0 fully saturated rings. The van der Waals surface area contributed by atoms with E-state index in [1.54, 1.807) is 0 Å². The Labute approximate surface area is 107 Å². The predicted molar refractivity (Wildman–Crippen MR) is 63.4 cm³/mol. The van der Waals surface area contributed by atoms with E-state index in [1.165, 1.54) is 14.2 Å². The highest BCUT2D eigenvalue weighted by Gasteiger charge is 2.08. The van der Waals surface area contributed by atoms with Gasteiger partial charge in [-0.25, -0.2) is 9.59 Å². The zero-order valence-electron chi connectivity index (χ0n) is 11.1. The minimum absolute atomic E-state index is 0.241. The molecule has 0 aliphatic rings. The molecule has 0 aliphatic heterocycles. The van der Waals surface area contributed by atoms with E-state index in [2.05, 4.69) is 9.47 Å². The Morgan fingerprint density at radius 1 is 0.889 bits per heavy atom. The number of rotatable bonds is 8. The van der Waals surface area contributed by atoms with Gasteiger partial charge in [-0.1, -0.05) is 6.92 Å². The molecule has 0 radical (unpaired) electrons. The molecule has 0 aliphatic carbocycles. The van der Waals surface area contributed by atoms with Crippen molar-refractivity contribution in [2.45, 2.75) is 13.3 Å². The molecule has 0 rings (SSSR count). The lowest BCUT2D eigenvalue weighted by Gasteiger charge is -2.20. The second-order valence-electron chi connectivity index (χ2n) is 3.45. The molecule has 7 nitrogen and oxygen atoms in total. The summed E-state index contributed by atoms with van der Waals surface area (Å²) in [6.07, 6.45) is -0.439. The van der Waals surface area contributed by atoms with Crippen molar-refractivity contribution in [2.24, 2.45) is 0 Å². The Morgan fingerprint density at radius 3 is 1.67 bits per heavy atom. The predicted octanol–water partition coefficient (Wildman–Crippen LogP) is 1.26. The number of carbonyl (C=O) groups is 2. The van der Waals surface area contributed by atoms with Gasteiger partial charge in [0.1, 0.15) is 13.2 Å². The maximum atomic E-state index is 10.7. The van der Waals surface area contributed by atoms with Crippen LogP contribution in [0, 0.1) is 0 Å². The average molecular weight is 263 g/mol. The van der Waals surface area contributed by atoms with Gasteiger partial charge in [0.2, 0.25) is 0 Å². The standard InChI is InChI=1S/C11H21NO6/c1-4-5-12(6-8-17-10(13)15-2)7-9-18-11(14)16-3/h4-9H2,1-3H3. The van der Waals surface area contributed by atoms with Gasteiger partial charge in [0, 0.05) is 13.1 Å². The fraction of sp³-hybridized carbons (Fsp3) is 0.818. The lowest BCUT2D eigenvalue weighted by atomic mass is 10.4. The largest absolute Gasteiger partial charge is 0.508 e. The van der Waals surface area contributed by atoms with E-state index in [9.17, 15) is 9.59 Å². The van der Waals surface area contributed by atoms with E-state index >= 15 is 0 Å². The van der Waals surface area contributed by atoms with E-state index in [4.69, 9.17) is 9.47 Å². The maximum absolute atomic E-state index is 10.7. The van der Waals surface area contributed by atoms with Crippen LogP contribution < -0.4 is 0 Å². The third-order valence-corrected chi connectivity index (χ3v) is 2.13. The molecule has 0 heterocycles. The number of hydrogen-bond donors (Lipinski definition) is 0. The summed E-state index contributed by atoms with van der Waals surface area (Å²) in [5, 5.41) is 0. The van der Waals surface area contributed by atoms with Gasteiger partial charge in [0.25, 0.3) is 0 Å².